The van der Waals surface area contributed by atoms with Crippen molar-refractivity contribution in [1.82, 2.24) is 24.1 Å². The highest BCUT2D eigenvalue weighted by Gasteiger charge is 2.20. The fraction of sp³-hybridized carbons (Fsp3) is 0.524. The van der Waals surface area contributed by atoms with E-state index in [1.807, 2.05) is 0 Å². The van der Waals surface area contributed by atoms with Gasteiger partial charge in [0.2, 0.25) is 5.78 Å². The summed E-state index contributed by atoms with van der Waals surface area (Å²) in [6.07, 6.45) is 5.04. The lowest BCUT2D eigenvalue weighted by atomic mass is 10.1. The van der Waals surface area contributed by atoms with E-state index in [0.29, 0.717) is 34.7 Å². The summed E-state index contributed by atoms with van der Waals surface area (Å²) in [5, 5.41) is 7.76. The molecule has 1 amide bonds. The summed E-state index contributed by atoms with van der Waals surface area (Å²) in [6.45, 7) is 4.66. The van der Waals surface area contributed by atoms with Gasteiger partial charge in [0, 0.05) is 25.2 Å². The van der Waals surface area contributed by atoms with Crippen molar-refractivity contribution in [3.8, 4) is 0 Å². The summed E-state index contributed by atoms with van der Waals surface area (Å²) in [4.78, 5) is 38.6. The lowest BCUT2D eigenvalue weighted by Crippen LogP contribution is -2.32. The first kappa shape index (κ1) is 19.4. The molecule has 1 fully saturated rings. The number of carbonyl (C=O) groups excluding carboxylic acids is 1. The number of nitrogens with zero attached hydrogens (tertiary/aromatic N) is 4. The van der Waals surface area contributed by atoms with Crippen molar-refractivity contribution in [2.45, 2.75) is 58.5 Å². The second kappa shape index (κ2) is 7.50. The van der Waals surface area contributed by atoms with Gasteiger partial charge in [-0.1, -0.05) is 26.7 Å². The SMILES string of the molecule is CC(C)CCn1c(=O)c2ccc(C(=O)NC3CCCC3)cc2n2c(=O)n(C)nc12. The predicted octanol–water partition coefficient (Wildman–Crippen LogP) is 2.07. The van der Waals surface area contributed by atoms with Gasteiger partial charge in [0.05, 0.1) is 10.9 Å². The Morgan fingerprint density at radius 2 is 1.97 bits per heavy atom. The molecule has 2 aromatic heterocycles. The van der Waals surface area contributed by atoms with E-state index >= 15 is 0 Å². The van der Waals surface area contributed by atoms with Crippen molar-refractivity contribution in [3.05, 3.63) is 44.6 Å². The molecule has 0 aliphatic heterocycles. The van der Waals surface area contributed by atoms with Gasteiger partial charge >= 0.3 is 5.69 Å². The van der Waals surface area contributed by atoms with Crippen LogP contribution >= 0.6 is 0 Å². The summed E-state index contributed by atoms with van der Waals surface area (Å²) in [7, 11) is 1.56. The molecule has 1 aliphatic carbocycles. The summed E-state index contributed by atoms with van der Waals surface area (Å²) in [6, 6.07) is 5.13. The Kier molecular flexibility index (Phi) is 5.02. The van der Waals surface area contributed by atoms with Crippen molar-refractivity contribution in [1.29, 1.82) is 0 Å². The lowest BCUT2D eigenvalue weighted by Gasteiger charge is -2.14. The average Bonchev–Trinajstić information content (AvgIpc) is 3.29. The molecule has 0 bridgehead atoms. The lowest BCUT2D eigenvalue weighted by molar-refractivity contribution is 0.0938. The molecule has 154 valence electrons. The highest BCUT2D eigenvalue weighted by molar-refractivity contribution is 5.98. The van der Waals surface area contributed by atoms with Gasteiger partial charge in [0.25, 0.3) is 11.5 Å². The Morgan fingerprint density at radius 1 is 1.24 bits per heavy atom. The number of aromatic nitrogens is 4. The molecule has 0 atom stereocenters. The number of rotatable bonds is 5. The number of fused-ring (bicyclic) bond motifs is 3. The minimum Gasteiger partial charge on any atom is -0.349 e. The highest BCUT2D eigenvalue weighted by atomic mass is 16.2. The molecule has 0 unspecified atom stereocenters. The van der Waals surface area contributed by atoms with E-state index in [0.717, 1.165) is 32.1 Å². The van der Waals surface area contributed by atoms with E-state index in [-0.39, 0.29) is 23.2 Å². The van der Waals surface area contributed by atoms with Crippen LogP contribution in [0, 0.1) is 5.92 Å². The molecule has 0 saturated heterocycles. The maximum Gasteiger partial charge on any atom is 0.351 e. The fourth-order valence-electron chi connectivity index (χ4n) is 4.04. The van der Waals surface area contributed by atoms with Gasteiger partial charge in [-0.25, -0.2) is 13.9 Å². The average molecular weight is 397 g/mol. The van der Waals surface area contributed by atoms with Crippen LogP contribution < -0.4 is 16.6 Å². The zero-order chi connectivity index (χ0) is 20.7. The van der Waals surface area contributed by atoms with Crippen molar-refractivity contribution in [3.63, 3.8) is 0 Å². The number of hydrogen-bond acceptors (Lipinski definition) is 4. The highest BCUT2D eigenvalue weighted by Crippen LogP contribution is 2.19. The quantitative estimate of drug-likeness (QED) is 0.714. The molecule has 3 aromatic rings. The normalized spacial score (nSPS) is 15.0. The van der Waals surface area contributed by atoms with Crippen LogP contribution in [0.25, 0.3) is 16.7 Å². The number of nitrogens with one attached hydrogen (secondary N) is 1. The van der Waals surface area contributed by atoms with Crippen LogP contribution in [-0.2, 0) is 13.6 Å². The van der Waals surface area contributed by atoms with E-state index in [1.165, 1.54) is 9.08 Å². The maximum atomic E-state index is 13.1. The number of benzene rings is 1. The standard InChI is InChI=1S/C21H27N5O3/c1-13(2)10-11-25-19(28)16-9-8-14(18(27)22-15-6-4-5-7-15)12-17(16)26-20(25)23-24(3)21(26)29/h8-9,12-13,15H,4-7,10-11H2,1-3H3,(H,22,27). The van der Waals surface area contributed by atoms with Crippen LogP contribution in [0.15, 0.2) is 27.8 Å². The summed E-state index contributed by atoms with van der Waals surface area (Å²) < 4.78 is 4.22. The first-order chi connectivity index (χ1) is 13.9. The van der Waals surface area contributed by atoms with Gasteiger partial charge in [0.15, 0.2) is 0 Å². The second-order valence-electron chi connectivity index (χ2n) is 8.37. The van der Waals surface area contributed by atoms with Crippen LogP contribution in [0.3, 0.4) is 0 Å². The molecule has 0 radical (unpaired) electrons. The van der Waals surface area contributed by atoms with Gasteiger partial charge in [-0.2, -0.15) is 0 Å². The van der Waals surface area contributed by atoms with Crippen LogP contribution in [-0.4, -0.2) is 30.7 Å². The van der Waals surface area contributed by atoms with Crippen molar-refractivity contribution < 1.29 is 4.79 Å². The van der Waals surface area contributed by atoms with Crippen LogP contribution in [0.1, 0.15) is 56.3 Å². The van der Waals surface area contributed by atoms with Crippen LogP contribution in [0.5, 0.6) is 0 Å². The van der Waals surface area contributed by atoms with Gasteiger partial charge in [-0.3, -0.25) is 14.2 Å². The maximum absolute atomic E-state index is 13.1. The zero-order valence-electron chi connectivity index (χ0n) is 17.1. The summed E-state index contributed by atoms with van der Waals surface area (Å²) in [5.41, 5.74) is 0.335. The molecule has 8 heteroatoms. The molecule has 1 aromatic carbocycles. The Labute approximate surface area is 168 Å². The van der Waals surface area contributed by atoms with Crippen LogP contribution in [0.4, 0.5) is 0 Å². The molecule has 1 saturated carbocycles. The monoisotopic (exact) mass is 397 g/mol. The number of carbonyl (C=O) groups is 1. The van der Waals surface area contributed by atoms with E-state index < -0.39 is 0 Å². The Hall–Kier alpha value is -2.90. The van der Waals surface area contributed by atoms with Gasteiger partial charge < -0.3 is 5.32 Å². The molecule has 29 heavy (non-hydrogen) atoms. The van der Waals surface area contributed by atoms with Gasteiger partial charge in [0.1, 0.15) is 0 Å². The first-order valence-electron chi connectivity index (χ1n) is 10.3. The minimum absolute atomic E-state index is 0.173. The molecular formula is C21H27N5O3. The zero-order valence-corrected chi connectivity index (χ0v) is 17.1. The smallest absolute Gasteiger partial charge is 0.349 e. The summed E-state index contributed by atoms with van der Waals surface area (Å²) in [5.74, 6) is 0.548. The van der Waals surface area contributed by atoms with E-state index in [1.54, 1.807) is 29.8 Å². The van der Waals surface area contributed by atoms with Crippen molar-refractivity contribution in [2.75, 3.05) is 0 Å². The van der Waals surface area contributed by atoms with Gasteiger partial charge in [-0.05, 0) is 43.4 Å². The van der Waals surface area contributed by atoms with E-state index in [2.05, 4.69) is 24.3 Å². The van der Waals surface area contributed by atoms with Crippen molar-refractivity contribution >= 4 is 22.6 Å². The third-order valence-corrected chi connectivity index (χ3v) is 5.75. The topological polar surface area (TPSA) is 90.4 Å². The minimum atomic E-state index is -0.336. The fourth-order valence-corrected chi connectivity index (χ4v) is 4.04. The molecule has 1 N–H and O–H groups in total. The van der Waals surface area contributed by atoms with Crippen LogP contribution in [0.2, 0.25) is 0 Å². The molecular weight excluding hydrogens is 370 g/mol. The number of amides is 1. The predicted molar refractivity (Wildman–Crippen MR) is 111 cm³/mol. The largest absolute Gasteiger partial charge is 0.351 e. The molecule has 8 nitrogen and oxygen atoms in total. The van der Waals surface area contributed by atoms with Gasteiger partial charge in [-0.15, -0.1) is 5.10 Å². The van der Waals surface area contributed by atoms with E-state index in [9.17, 15) is 14.4 Å². The molecule has 0 spiro atoms. The Balaban J connectivity index is 1.87. The third kappa shape index (κ3) is 3.47. The van der Waals surface area contributed by atoms with E-state index in [4.69, 9.17) is 0 Å². The molecule has 4 rings (SSSR count). The second-order valence-corrected chi connectivity index (χ2v) is 8.37. The molecule has 2 heterocycles. The Morgan fingerprint density at radius 3 is 2.66 bits per heavy atom. The third-order valence-electron chi connectivity index (χ3n) is 5.75. The van der Waals surface area contributed by atoms with Crippen molar-refractivity contribution in [2.24, 2.45) is 13.0 Å². The number of hydrogen-bond donors (Lipinski definition) is 1. The summed E-state index contributed by atoms with van der Waals surface area (Å²) >= 11 is 0. The molecule has 1 aliphatic rings. The Bertz CT molecular complexity index is 1190. The number of aryl methyl sites for hydroxylation is 2. The first-order valence-corrected chi connectivity index (χ1v) is 10.3.